The Morgan fingerprint density at radius 3 is 2.07 bits per heavy atom. The molecule has 3 aromatic carbocycles. The molecular weight excluding hydrogens is 348 g/mol. The molecule has 0 spiro atoms. The number of fused-ring (bicyclic) bond motifs is 1. The van der Waals surface area contributed by atoms with Crippen molar-refractivity contribution in [3.8, 4) is 0 Å². The highest BCUT2D eigenvalue weighted by atomic mass is 16.5. The summed E-state index contributed by atoms with van der Waals surface area (Å²) in [5.41, 5.74) is 4.38. The van der Waals surface area contributed by atoms with Gasteiger partial charge >= 0.3 is 0 Å². The first kappa shape index (κ1) is 18.4. The maximum absolute atomic E-state index is 10.5. The zero-order chi connectivity index (χ0) is 19.2. The first-order valence-electron chi connectivity index (χ1n) is 9.57. The predicted octanol–water partition coefficient (Wildman–Crippen LogP) is 4.25. The van der Waals surface area contributed by atoms with Crippen molar-refractivity contribution in [1.29, 1.82) is 0 Å². The Morgan fingerprint density at radius 1 is 0.786 bits per heavy atom. The third-order valence-corrected chi connectivity index (χ3v) is 4.93. The second-order valence-corrected chi connectivity index (χ2v) is 6.95. The molecule has 0 saturated heterocycles. The molecular formula is C24H24N2O2. The summed E-state index contributed by atoms with van der Waals surface area (Å²) in [5.74, 6) is 0.142. The smallest absolute Gasteiger partial charge is 0.0959 e. The molecule has 0 saturated carbocycles. The van der Waals surface area contributed by atoms with Crippen LogP contribution in [0.4, 0.5) is 0 Å². The fraction of sp³-hybridized carbons (Fsp3) is 0.208. The molecule has 0 bridgehead atoms. The number of aliphatic hydroxyl groups is 1. The molecule has 0 radical (unpaired) electrons. The fourth-order valence-corrected chi connectivity index (χ4v) is 3.51. The lowest BCUT2D eigenvalue weighted by Gasteiger charge is -2.20. The monoisotopic (exact) mass is 372 g/mol. The lowest BCUT2D eigenvalue weighted by Crippen LogP contribution is -2.23. The minimum Gasteiger partial charge on any atom is -0.389 e. The SMILES string of the molecule is O[C@H](COCC(c1ccccc1)c1ccccc1)Cn1cnc2ccccc21. The van der Waals surface area contributed by atoms with Gasteiger partial charge in [-0.15, -0.1) is 0 Å². The normalized spacial score (nSPS) is 12.5. The largest absolute Gasteiger partial charge is 0.389 e. The summed E-state index contributed by atoms with van der Waals surface area (Å²) >= 11 is 0. The number of para-hydroxylation sites is 2. The van der Waals surface area contributed by atoms with Gasteiger partial charge in [0, 0.05) is 5.92 Å². The van der Waals surface area contributed by atoms with Crippen molar-refractivity contribution in [2.45, 2.75) is 18.6 Å². The average Bonchev–Trinajstić information content (AvgIpc) is 3.15. The van der Waals surface area contributed by atoms with Gasteiger partial charge in [-0.2, -0.15) is 0 Å². The number of hydrogen-bond donors (Lipinski definition) is 1. The third kappa shape index (κ3) is 4.30. The Bertz CT molecular complexity index is 959. The van der Waals surface area contributed by atoms with Crippen LogP contribution in [0, 0.1) is 0 Å². The van der Waals surface area contributed by atoms with Gasteiger partial charge in [-0.25, -0.2) is 4.98 Å². The van der Waals surface area contributed by atoms with E-state index in [2.05, 4.69) is 29.2 Å². The Morgan fingerprint density at radius 2 is 1.39 bits per heavy atom. The molecule has 0 unspecified atom stereocenters. The minimum atomic E-state index is -0.593. The van der Waals surface area contributed by atoms with E-state index in [9.17, 15) is 5.11 Å². The highest BCUT2D eigenvalue weighted by Gasteiger charge is 2.15. The molecule has 0 aliphatic heterocycles. The van der Waals surface area contributed by atoms with Crippen LogP contribution >= 0.6 is 0 Å². The molecule has 1 aromatic heterocycles. The van der Waals surface area contributed by atoms with E-state index in [0.29, 0.717) is 13.2 Å². The zero-order valence-corrected chi connectivity index (χ0v) is 15.7. The van der Waals surface area contributed by atoms with E-state index in [1.807, 2.05) is 65.2 Å². The quantitative estimate of drug-likeness (QED) is 0.503. The summed E-state index contributed by atoms with van der Waals surface area (Å²) < 4.78 is 7.91. The van der Waals surface area contributed by atoms with Crippen molar-refractivity contribution in [1.82, 2.24) is 9.55 Å². The van der Waals surface area contributed by atoms with E-state index in [1.165, 1.54) is 11.1 Å². The topological polar surface area (TPSA) is 47.3 Å². The third-order valence-electron chi connectivity index (χ3n) is 4.93. The molecule has 4 nitrogen and oxygen atoms in total. The number of nitrogens with zero attached hydrogens (tertiary/aromatic N) is 2. The summed E-state index contributed by atoms with van der Waals surface area (Å²) in [5, 5.41) is 10.5. The maximum Gasteiger partial charge on any atom is 0.0959 e. The number of aromatic nitrogens is 2. The van der Waals surface area contributed by atoms with Crippen LogP contribution in [0.15, 0.2) is 91.3 Å². The van der Waals surface area contributed by atoms with Gasteiger partial charge in [0.05, 0.1) is 43.2 Å². The second kappa shape index (κ2) is 8.83. The maximum atomic E-state index is 10.5. The Hall–Kier alpha value is -2.95. The molecule has 1 N–H and O–H groups in total. The van der Waals surface area contributed by atoms with E-state index >= 15 is 0 Å². The fourth-order valence-electron chi connectivity index (χ4n) is 3.51. The lowest BCUT2D eigenvalue weighted by molar-refractivity contribution is 0.0259. The van der Waals surface area contributed by atoms with Gasteiger partial charge < -0.3 is 14.4 Å². The average molecular weight is 372 g/mol. The van der Waals surface area contributed by atoms with E-state index in [-0.39, 0.29) is 12.5 Å². The van der Waals surface area contributed by atoms with Crippen LogP contribution in [0.1, 0.15) is 17.0 Å². The Labute approximate surface area is 165 Å². The Balaban J connectivity index is 1.39. The van der Waals surface area contributed by atoms with Crippen LogP contribution in [-0.2, 0) is 11.3 Å². The van der Waals surface area contributed by atoms with Gasteiger partial charge in [-0.3, -0.25) is 0 Å². The zero-order valence-electron chi connectivity index (χ0n) is 15.7. The summed E-state index contributed by atoms with van der Waals surface area (Å²) in [4.78, 5) is 4.37. The van der Waals surface area contributed by atoms with Crippen molar-refractivity contribution in [3.05, 3.63) is 102 Å². The number of rotatable bonds is 8. The number of hydrogen-bond acceptors (Lipinski definition) is 3. The minimum absolute atomic E-state index is 0.142. The molecule has 4 heteroatoms. The van der Waals surface area contributed by atoms with Crippen LogP contribution < -0.4 is 0 Å². The van der Waals surface area contributed by atoms with Crippen LogP contribution in [0.3, 0.4) is 0 Å². The standard InChI is InChI=1S/C24H24N2O2/c27-21(15-26-18-25-23-13-7-8-14-24(23)26)16-28-17-22(19-9-3-1-4-10-19)20-11-5-2-6-12-20/h1-14,18,21-22,27H,15-17H2/t21-/m0/s1. The molecule has 0 aliphatic carbocycles. The highest BCUT2D eigenvalue weighted by Crippen LogP contribution is 2.25. The van der Waals surface area contributed by atoms with Gasteiger partial charge in [0.15, 0.2) is 0 Å². The van der Waals surface area contributed by atoms with E-state index in [1.54, 1.807) is 6.33 Å². The highest BCUT2D eigenvalue weighted by molar-refractivity contribution is 5.74. The molecule has 1 heterocycles. The second-order valence-electron chi connectivity index (χ2n) is 6.95. The van der Waals surface area contributed by atoms with Crippen molar-refractivity contribution in [2.24, 2.45) is 0 Å². The molecule has 0 aliphatic rings. The number of imidazole rings is 1. The summed E-state index contributed by atoms with van der Waals surface area (Å²) in [6, 6.07) is 28.6. The molecule has 142 valence electrons. The van der Waals surface area contributed by atoms with Gasteiger partial charge in [-0.05, 0) is 23.3 Å². The van der Waals surface area contributed by atoms with E-state index in [4.69, 9.17) is 4.74 Å². The van der Waals surface area contributed by atoms with Crippen LogP contribution in [0.2, 0.25) is 0 Å². The van der Waals surface area contributed by atoms with Crippen LogP contribution in [0.5, 0.6) is 0 Å². The van der Waals surface area contributed by atoms with Crippen molar-refractivity contribution in [2.75, 3.05) is 13.2 Å². The van der Waals surface area contributed by atoms with Gasteiger partial charge in [0.1, 0.15) is 0 Å². The molecule has 4 rings (SSSR count). The van der Waals surface area contributed by atoms with Crippen molar-refractivity contribution in [3.63, 3.8) is 0 Å². The first-order chi connectivity index (χ1) is 13.8. The molecule has 0 fully saturated rings. The number of benzene rings is 3. The van der Waals surface area contributed by atoms with E-state index < -0.39 is 6.10 Å². The summed E-state index contributed by atoms with van der Waals surface area (Å²) in [6.07, 6.45) is 1.18. The molecule has 1 atom stereocenters. The van der Waals surface area contributed by atoms with E-state index in [0.717, 1.165) is 11.0 Å². The molecule has 28 heavy (non-hydrogen) atoms. The number of ether oxygens (including phenoxy) is 1. The Kier molecular flexibility index (Phi) is 5.80. The number of aliphatic hydroxyl groups excluding tert-OH is 1. The van der Waals surface area contributed by atoms with Gasteiger partial charge in [0.25, 0.3) is 0 Å². The van der Waals surface area contributed by atoms with Crippen molar-refractivity contribution < 1.29 is 9.84 Å². The lowest BCUT2D eigenvalue weighted by atomic mass is 9.92. The summed E-state index contributed by atoms with van der Waals surface area (Å²) in [7, 11) is 0. The van der Waals surface area contributed by atoms with Crippen LogP contribution in [0.25, 0.3) is 11.0 Å². The van der Waals surface area contributed by atoms with Gasteiger partial charge in [-0.1, -0.05) is 72.8 Å². The molecule has 0 amide bonds. The molecule has 4 aromatic rings. The summed E-state index contributed by atoms with van der Waals surface area (Å²) in [6.45, 7) is 1.26. The first-order valence-corrected chi connectivity index (χ1v) is 9.57. The van der Waals surface area contributed by atoms with Crippen LogP contribution in [-0.4, -0.2) is 34.0 Å². The van der Waals surface area contributed by atoms with Gasteiger partial charge in [0.2, 0.25) is 0 Å². The van der Waals surface area contributed by atoms with Crippen molar-refractivity contribution >= 4 is 11.0 Å². The predicted molar refractivity (Wildman–Crippen MR) is 111 cm³/mol.